The second kappa shape index (κ2) is 19.3. The fraction of sp³-hybridized carbons (Fsp3) is 0.517. The molecule has 3 saturated heterocycles. The highest BCUT2D eigenvalue weighted by Gasteiger charge is 2.56. The second-order valence-electron chi connectivity index (χ2n) is 23.3. The van der Waals surface area contributed by atoms with Gasteiger partial charge in [0.15, 0.2) is 5.82 Å². The van der Waals surface area contributed by atoms with Crippen molar-refractivity contribution in [1.29, 1.82) is 0 Å². The van der Waals surface area contributed by atoms with Gasteiger partial charge in [0.05, 0.1) is 83.2 Å². The number of fused-ring (bicyclic) bond motifs is 6. The van der Waals surface area contributed by atoms with Gasteiger partial charge in [-0.05, 0) is 153 Å². The van der Waals surface area contributed by atoms with Crippen molar-refractivity contribution in [2.75, 3.05) is 27.4 Å². The molecule has 8 atom stereocenters. The van der Waals surface area contributed by atoms with Crippen LogP contribution in [-0.2, 0) is 33.4 Å². The van der Waals surface area contributed by atoms with Crippen LogP contribution in [-0.4, -0.2) is 94.2 Å². The summed E-state index contributed by atoms with van der Waals surface area (Å²) in [5.41, 5.74) is 5.90. The minimum Gasteiger partial charge on any atom is -0.469 e. The molecule has 12 nitrogen and oxygen atoms in total. The van der Waals surface area contributed by atoms with E-state index in [-0.39, 0.29) is 83.2 Å². The first-order valence-corrected chi connectivity index (χ1v) is 27.9. The van der Waals surface area contributed by atoms with Crippen LogP contribution >= 0.6 is 11.3 Å². The number of allylic oxidation sites excluding steroid dienone is 6. The summed E-state index contributed by atoms with van der Waals surface area (Å²) in [6, 6.07) is 8.98. The minimum absolute atomic E-state index is 0.00251. The summed E-state index contributed by atoms with van der Waals surface area (Å²) in [7, 11) is 2.72. The number of hydrogen-bond acceptors (Lipinski definition) is 10. The Morgan fingerprint density at radius 3 is 2.32 bits per heavy atom. The standard InChI is InChI=1S/C60H66F2N4O8S/c1-31(2)41(27-51(67)71-5)57(69)64-18-7-8-45(64)36-13-12-34(21-36)39-23-44(61)53-49(26-39)74-59(50-30-63-56(75-50)32-9-10-32)66-46-16-15-35(22-43(46)54(62)55(53)66)33-11-14-37(20-33)47-24-40-25-48(40)65(47)58(70)42(28-52(68)72-6)38-17-19-73-60(3,4)29-38/h11-16,22-23,26,30-32,38,40-42,45,47-48,59H,7-10,17-21,24-25,27-29H2,1-6H3/t38?,40-,41-,42?,45-,47-,48+,59?/m0/s1. The molecule has 3 unspecified atom stereocenters. The molecule has 8 aliphatic rings. The molecular formula is C60H66F2N4O8S. The molecular weight excluding hydrogens is 975 g/mol. The Balaban J connectivity index is 0.819. The van der Waals surface area contributed by atoms with Crippen molar-refractivity contribution in [3.05, 3.63) is 105 Å². The van der Waals surface area contributed by atoms with Gasteiger partial charge in [0.25, 0.3) is 0 Å². The third-order valence-corrected chi connectivity index (χ3v) is 18.9. The van der Waals surface area contributed by atoms with Crippen molar-refractivity contribution in [3.8, 4) is 17.0 Å². The first-order valence-electron chi connectivity index (χ1n) is 27.1. The van der Waals surface area contributed by atoms with E-state index in [0.29, 0.717) is 67.1 Å². The van der Waals surface area contributed by atoms with Crippen LogP contribution in [0, 0.1) is 41.2 Å². The monoisotopic (exact) mass is 1040 g/mol. The molecule has 2 amide bonds. The number of rotatable bonds is 14. The van der Waals surface area contributed by atoms with E-state index >= 15 is 8.78 Å². The average molecular weight is 1040 g/mol. The maximum Gasteiger partial charge on any atom is 0.306 e. The van der Waals surface area contributed by atoms with Gasteiger partial charge in [0.2, 0.25) is 18.0 Å². The van der Waals surface area contributed by atoms with Gasteiger partial charge in [-0.15, -0.1) is 11.3 Å². The maximum absolute atomic E-state index is 17.6. The van der Waals surface area contributed by atoms with Gasteiger partial charge < -0.3 is 28.7 Å². The highest BCUT2D eigenvalue weighted by molar-refractivity contribution is 7.11. The SMILES string of the molecule is COC(=O)CC(C(=O)N1[C@@H]2C[C@@H]2C[C@H]1C1=CC=C(c2ccc3c(c2)c(F)c2n3C(c3cnc(C4CC4)s3)Oc3cc(C4=CC=C([C@@H]5CCCN5C(=O)[C@@H](CC(=O)OC)C(C)C)C4)cc(F)c3-2)C1)C1CCOC(C)(C)C1. The number of esters is 2. The number of aromatic nitrogens is 2. The molecule has 6 heterocycles. The van der Waals surface area contributed by atoms with Gasteiger partial charge in [-0.1, -0.05) is 44.2 Å². The van der Waals surface area contributed by atoms with E-state index in [9.17, 15) is 19.2 Å². The molecule has 2 saturated carbocycles. The second-order valence-corrected chi connectivity index (χ2v) is 24.4. The van der Waals surface area contributed by atoms with Gasteiger partial charge in [0.1, 0.15) is 11.6 Å². The highest BCUT2D eigenvalue weighted by Crippen LogP contribution is 2.54. The lowest BCUT2D eigenvalue weighted by Gasteiger charge is -2.40. The summed E-state index contributed by atoms with van der Waals surface area (Å²) in [5.74, 6) is -1.92. The number of benzene rings is 2. The Hall–Kier alpha value is -5.93. The number of ether oxygens (including phenoxy) is 4. The molecule has 2 aromatic heterocycles. The molecule has 75 heavy (non-hydrogen) atoms. The molecule has 15 heteroatoms. The lowest BCUT2D eigenvalue weighted by atomic mass is 9.77. The topological polar surface area (TPSA) is 130 Å². The zero-order chi connectivity index (χ0) is 52.2. The molecule has 0 bridgehead atoms. The molecule has 4 aliphatic heterocycles. The van der Waals surface area contributed by atoms with Crippen molar-refractivity contribution in [2.24, 2.45) is 29.6 Å². The van der Waals surface area contributed by atoms with Crippen molar-refractivity contribution < 1.29 is 46.9 Å². The fourth-order valence-electron chi connectivity index (χ4n) is 13.4. The fourth-order valence-corrected chi connectivity index (χ4v) is 14.5. The predicted molar refractivity (Wildman–Crippen MR) is 281 cm³/mol. The number of likely N-dealkylation sites (tertiary alicyclic amines) is 2. The van der Waals surface area contributed by atoms with E-state index < -0.39 is 35.7 Å². The predicted octanol–water partition coefficient (Wildman–Crippen LogP) is 11.5. The average Bonchev–Trinajstić information content (AvgIpc) is 3.88. The van der Waals surface area contributed by atoms with Crippen molar-refractivity contribution in [2.45, 2.75) is 141 Å². The number of thiazole rings is 1. The van der Waals surface area contributed by atoms with Crippen LogP contribution in [0.5, 0.6) is 5.75 Å². The molecule has 2 aromatic carbocycles. The van der Waals surface area contributed by atoms with Crippen LogP contribution in [0.4, 0.5) is 8.78 Å². The lowest BCUT2D eigenvalue weighted by Crippen LogP contribution is -2.48. The summed E-state index contributed by atoms with van der Waals surface area (Å²) in [6.45, 7) is 9.13. The van der Waals surface area contributed by atoms with Crippen LogP contribution in [0.3, 0.4) is 0 Å². The Morgan fingerprint density at radius 1 is 0.867 bits per heavy atom. The minimum atomic E-state index is -0.806. The Kier molecular flexibility index (Phi) is 12.8. The Labute approximate surface area is 440 Å². The zero-order valence-electron chi connectivity index (χ0n) is 43.7. The molecule has 5 fully saturated rings. The number of piperidine rings is 1. The van der Waals surface area contributed by atoms with Crippen molar-refractivity contribution in [1.82, 2.24) is 19.4 Å². The number of nitrogens with zero attached hydrogens (tertiary/aromatic N) is 4. The number of carbonyl (C=O) groups is 4. The zero-order valence-corrected chi connectivity index (χ0v) is 44.5. The van der Waals surface area contributed by atoms with Crippen LogP contribution in [0.1, 0.15) is 138 Å². The smallest absolute Gasteiger partial charge is 0.306 e. The van der Waals surface area contributed by atoms with E-state index in [1.165, 1.54) is 20.3 Å². The summed E-state index contributed by atoms with van der Waals surface area (Å²) in [5, 5.41) is 1.37. The van der Waals surface area contributed by atoms with E-state index in [4.69, 9.17) is 23.9 Å². The van der Waals surface area contributed by atoms with Gasteiger partial charge in [-0.3, -0.25) is 23.7 Å². The summed E-state index contributed by atoms with van der Waals surface area (Å²) >= 11 is 1.56. The Morgan fingerprint density at radius 2 is 1.60 bits per heavy atom. The molecule has 4 aliphatic carbocycles. The van der Waals surface area contributed by atoms with E-state index in [1.807, 2.05) is 75.2 Å². The summed E-state index contributed by atoms with van der Waals surface area (Å²) in [6.07, 6.45) is 17.4. The Bertz CT molecular complexity index is 3160. The molecule has 0 N–H and O–H groups in total. The number of amides is 2. The molecule has 12 rings (SSSR count). The normalized spacial score (nSPS) is 26.2. The number of carbonyl (C=O) groups excluding carboxylic acids is 4. The number of hydrogen-bond donors (Lipinski definition) is 0. The van der Waals surface area contributed by atoms with Gasteiger partial charge in [-0.25, -0.2) is 13.8 Å². The lowest BCUT2D eigenvalue weighted by molar-refractivity contribution is -0.153. The largest absolute Gasteiger partial charge is 0.469 e. The van der Waals surface area contributed by atoms with Crippen LogP contribution in [0.2, 0.25) is 0 Å². The molecule has 4 aromatic rings. The van der Waals surface area contributed by atoms with Gasteiger partial charge >= 0.3 is 11.9 Å². The number of halogens is 2. The molecule has 394 valence electrons. The maximum atomic E-state index is 17.6. The van der Waals surface area contributed by atoms with E-state index in [1.54, 1.807) is 15.9 Å². The van der Waals surface area contributed by atoms with Crippen molar-refractivity contribution in [3.63, 3.8) is 0 Å². The third kappa shape index (κ3) is 9.06. The first kappa shape index (κ1) is 49.9. The molecule has 0 spiro atoms. The van der Waals surface area contributed by atoms with Gasteiger partial charge in [0, 0.05) is 36.7 Å². The van der Waals surface area contributed by atoms with Gasteiger partial charge in [-0.2, -0.15) is 0 Å². The quantitative estimate of drug-likeness (QED) is 0.113. The molecule has 0 radical (unpaired) electrons. The van der Waals surface area contributed by atoms with Crippen LogP contribution < -0.4 is 4.74 Å². The third-order valence-electron chi connectivity index (χ3n) is 17.7. The summed E-state index contributed by atoms with van der Waals surface area (Å²) < 4.78 is 59.5. The van der Waals surface area contributed by atoms with Crippen molar-refractivity contribution >= 4 is 57.1 Å². The van der Waals surface area contributed by atoms with E-state index in [0.717, 1.165) is 76.3 Å². The van der Waals surface area contributed by atoms with E-state index in [2.05, 4.69) is 17.1 Å². The van der Waals surface area contributed by atoms with Crippen LogP contribution in [0.15, 0.2) is 72.0 Å². The van der Waals surface area contributed by atoms with Crippen LogP contribution in [0.25, 0.3) is 33.3 Å². The first-order chi connectivity index (χ1) is 36.1. The highest BCUT2D eigenvalue weighted by atomic mass is 32.1. The summed E-state index contributed by atoms with van der Waals surface area (Å²) in [4.78, 5) is 63.5. The number of methoxy groups -OCH3 is 2.